The van der Waals surface area contributed by atoms with E-state index < -0.39 is 0 Å². The Morgan fingerprint density at radius 2 is 2.30 bits per heavy atom. The molecule has 27 heavy (non-hydrogen) atoms. The lowest BCUT2D eigenvalue weighted by molar-refractivity contribution is -0.121. The van der Waals surface area contributed by atoms with Gasteiger partial charge >= 0.3 is 0 Å². The van der Waals surface area contributed by atoms with Gasteiger partial charge < -0.3 is 14.8 Å². The largest absolute Gasteiger partial charge is 0.497 e. The third-order valence-electron chi connectivity index (χ3n) is 4.77. The van der Waals surface area contributed by atoms with Gasteiger partial charge in [0, 0.05) is 35.5 Å². The molecule has 2 aromatic heterocycles. The lowest BCUT2D eigenvalue weighted by atomic mass is 9.99. The fraction of sp³-hybridized carbons (Fsp3) is 0.316. The summed E-state index contributed by atoms with van der Waals surface area (Å²) in [7, 11) is 1.60. The van der Waals surface area contributed by atoms with Crippen LogP contribution in [0.3, 0.4) is 0 Å². The number of carbonyl (C=O) groups excluding carboxylic acids is 1. The smallest absolute Gasteiger partial charge is 0.276 e. The number of nitrogens with one attached hydrogen (secondary N) is 2. The molecule has 8 heteroatoms. The van der Waals surface area contributed by atoms with Crippen molar-refractivity contribution in [2.24, 2.45) is 0 Å². The summed E-state index contributed by atoms with van der Waals surface area (Å²) in [5.41, 5.74) is 2.09. The normalized spacial score (nSPS) is 15.9. The second kappa shape index (κ2) is 6.79. The summed E-state index contributed by atoms with van der Waals surface area (Å²) >= 11 is 0. The summed E-state index contributed by atoms with van der Waals surface area (Å²) in [6.07, 6.45) is 2.26. The Labute approximate surface area is 155 Å². The number of ether oxygens (including phenoxy) is 2. The van der Waals surface area contributed by atoms with Crippen LogP contribution >= 0.6 is 0 Å². The maximum atomic E-state index is 12.7. The van der Waals surface area contributed by atoms with E-state index in [0.29, 0.717) is 35.7 Å². The zero-order chi connectivity index (χ0) is 19.0. The fourth-order valence-corrected chi connectivity index (χ4v) is 3.36. The van der Waals surface area contributed by atoms with E-state index in [2.05, 4.69) is 15.4 Å². The first-order valence-electron chi connectivity index (χ1n) is 8.72. The van der Waals surface area contributed by atoms with Crippen molar-refractivity contribution in [2.45, 2.75) is 25.8 Å². The molecule has 2 N–H and O–H groups in total. The highest BCUT2D eigenvalue weighted by atomic mass is 16.5. The molecule has 4 rings (SSSR count). The molecule has 0 bridgehead atoms. The number of nitrogens with zero attached hydrogens (tertiary/aromatic N) is 2. The molecule has 0 aliphatic carbocycles. The van der Waals surface area contributed by atoms with Crippen LogP contribution < -0.4 is 20.3 Å². The van der Waals surface area contributed by atoms with Gasteiger partial charge in [0.1, 0.15) is 11.5 Å². The monoisotopic (exact) mass is 368 g/mol. The SMILES string of the molecule is COc1ccc2c(c1)[C@@H](NC(=O)Cc1c(C)nc3cc[nH]n3c1=O)CCO2. The molecule has 1 aliphatic rings. The number of aromatic nitrogens is 3. The van der Waals surface area contributed by atoms with Crippen LogP contribution in [0.2, 0.25) is 0 Å². The van der Waals surface area contributed by atoms with Crippen LogP contribution in [0.15, 0.2) is 35.3 Å². The number of hydrogen-bond donors (Lipinski definition) is 2. The van der Waals surface area contributed by atoms with E-state index in [1.165, 1.54) is 4.52 Å². The highest BCUT2D eigenvalue weighted by Crippen LogP contribution is 2.34. The summed E-state index contributed by atoms with van der Waals surface area (Å²) < 4.78 is 12.3. The highest BCUT2D eigenvalue weighted by molar-refractivity contribution is 5.79. The van der Waals surface area contributed by atoms with Gasteiger partial charge in [-0.05, 0) is 25.1 Å². The Balaban J connectivity index is 1.57. The summed E-state index contributed by atoms with van der Waals surface area (Å²) in [6, 6.07) is 7.05. The van der Waals surface area contributed by atoms with Crippen LogP contribution in [0.5, 0.6) is 11.5 Å². The third-order valence-corrected chi connectivity index (χ3v) is 4.77. The lowest BCUT2D eigenvalue weighted by Crippen LogP contribution is -2.35. The predicted octanol–water partition coefficient (Wildman–Crippen LogP) is 1.52. The van der Waals surface area contributed by atoms with Crippen LogP contribution in [0.4, 0.5) is 0 Å². The van der Waals surface area contributed by atoms with Crippen LogP contribution in [-0.2, 0) is 11.2 Å². The minimum Gasteiger partial charge on any atom is -0.497 e. The van der Waals surface area contributed by atoms with E-state index in [1.54, 1.807) is 26.3 Å². The number of fused-ring (bicyclic) bond motifs is 2. The van der Waals surface area contributed by atoms with Gasteiger partial charge in [-0.15, -0.1) is 0 Å². The Bertz CT molecular complexity index is 1070. The van der Waals surface area contributed by atoms with Crippen molar-refractivity contribution >= 4 is 11.6 Å². The van der Waals surface area contributed by atoms with Crippen molar-refractivity contribution in [3.8, 4) is 11.5 Å². The van der Waals surface area contributed by atoms with Crippen molar-refractivity contribution < 1.29 is 14.3 Å². The lowest BCUT2D eigenvalue weighted by Gasteiger charge is -2.27. The highest BCUT2D eigenvalue weighted by Gasteiger charge is 2.24. The number of rotatable bonds is 4. The van der Waals surface area contributed by atoms with Crippen LogP contribution in [0.25, 0.3) is 5.65 Å². The third kappa shape index (κ3) is 3.14. The Morgan fingerprint density at radius 3 is 3.11 bits per heavy atom. The zero-order valence-electron chi connectivity index (χ0n) is 15.1. The predicted molar refractivity (Wildman–Crippen MR) is 98.2 cm³/mol. The van der Waals surface area contributed by atoms with E-state index >= 15 is 0 Å². The molecule has 0 radical (unpaired) electrons. The maximum Gasteiger partial charge on any atom is 0.276 e. The second-order valence-electron chi connectivity index (χ2n) is 6.47. The number of benzene rings is 1. The first-order valence-corrected chi connectivity index (χ1v) is 8.72. The van der Waals surface area contributed by atoms with Gasteiger partial charge in [0.05, 0.1) is 26.2 Å². The van der Waals surface area contributed by atoms with E-state index in [9.17, 15) is 9.59 Å². The molecule has 1 atom stereocenters. The van der Waals surface area contributed by atoms with Gasteiger partial charge in [-0.25, -0.2) is 9.50 Å². The van der Waals surface area contributed by atoms with Gasteiger partial charge in [0.25, 0.3) is 5.56 Å². The topological polar surface area (TPSA) is 97.7 Å². The van der Waals surface area contributed by atoms with Crippen molar-refractivity contribution in [3.05, 3.63) is 57.6 Å². The van der Waals surface area contributed by atoms with Crippen LogP contribution in [0, 0.1) is 6.92 Å². The summed E-state index contributed by atoms with van der Waals surface area (Å²) in [5, 5.41) is 5.83. The molecule has 8 nitrogen and oxygen atoms in total. The molecule has 0 saturated heterocycles. The van der Waals surface area contributed by atoms with E-state index in [4.69, 9.17) is 9.47 Å². The van der Waals surface area contributed by atoms with E-state index in [1.807, 2.05) is 18.2 Å². The Morgan fingerprint density at radius 1 is 1.44 bits per heavy atom. The van der Waals surface area contributed by atoms with E-state index in [-0.39, 0.29) is 23.9 Å². The Hall–Kier alpha value is -3.29. The molecule has 0 unspecified atom stereocenters. The molecule has 0 fully saturated rings. The fourth-order valence-electron chi connectivity index (χ4n) is 3.36. The number of amides is 1. The molecule has 1 aliphatic heterocycles. The maximum absolute atomic E-state index is 12.7. The van der Waals surface area contributed by atoms with Crippen LogP contribution in [0.1, 0.15) is 29.3 Å². The molecule has 0 saturated carbocycles. The van der Waals surface area contributed by atoms with Crippen LogP contribution in [-0.4, -0.2) is 34.2 Å². The number of aromatic amines is 1. The standard InChI is InChI=1S/C19H20N4O4/c1-11-13(19(25)23-17(21-11)5-7-20-23)10-18(24)22-15-6-8-27-16-4-3-12(26-2)9-14(15)16/h3-5,7,9,15,20H,6,8,10H2,1-2H3,(H,22,24)/t15-/m0/s1. The minimum atomic E-state index is -0.258. The van der Waals surface area contributed by atoms with Crippen molar-refractivity contribution in [2.75, 3.05) is 13.7 Å². The molecule has 0 spiro atoms. The number of H-pyrrole nitrogens is 1. The van der Waals surface area contributed by atoms with Gasteiger partial charge in [-0.2, -0.15) is 0 Å². The molecular weight excluding hydrogens is 348 g/mol. The van der Waals surface area contributed by atoms with Gasteiger partial charge in [0.15, 0.2) is 5.65 Å². The van der Waals surface area contributed by atoms with E-state index in [0.717, 1.165) is 11.3 Å². The molecule has 3 heterocycles. The molecular formula is C19H20N4O4. The minimum absolute atomic E-state index is 0.0315. The quantitative estimate of drug-likeness (QED) is 0.728. The van der Waals surface area contributed by atoms with Gasteiger partial charge in [-0.1, -0.05) is 0 Å². The van der Waals surface area contributed by atoms with Crippen molar-refractivity contribution in [3.63, 3.8) is 0 Å². The second-order valence-corrected chi connectivity index (χ2v) is 6.47. The van der Waals surface area contributed by atoms with Crippen molar-refractivity contribution in [1.29, 1.82) is 0 Å². The molecule has 1 aromatic carbocycles. The van der Waals surface area contributed by atoms with Crippen molar-refractivity contribution in [1.82, 2.24) is 19.9 Å². The first-order chi connectivity index (χ1) is 13.1. The molecule has 3 aromatic rings. The summed E-state index contributed by atoms with van der Waals surface area (Å²) in [6.45, 7) is 2.26. The average molecular weight is 368 g/mol. The Kier molecular flexibility index (Phi) is 4.31. The van der Waals surface area contributed by atoms with Gasteiger partial charge in [0.2, 0.25) is 5.91 Å². The molecule has 140 valence electrons. The first kappa shape index (κ1) is 17.1. The number of hydrogen-bond acceptors (Lipinski definition) is 5. The number of carbonyl (C=O) groups is 1. The summed E-state index contributed by atoms with van der Waals surface area (Å²) in [4.78, 5) is 29.6. The zero-order valence-corrected chi connectivity index (χ0v) is 15.1. The average Bonchev–Trinajstić information content (AvgIpc) is 3.13. The van der Waals surface area contributed by atoms with Gasteiger partial charge in [-0.3, -0.25) is 14.7 Å². The summed E-state index contributed by atoms with van der Waals surface area (Å²) in [5.74, 6) is 1.20. The number of aryl methyl sites for hydroxylation is 1. The number of methoxy groups -OCH3 is 1. The molecule has 1 amide bonds.